The third-order valence-corrected chi connectivity index (χ3v) is 6.91. The van der Waals surface area contributed by atoms with Crippen molar-refractivity contribution in [3.8, 4) is 0 Å². The number of hydrogen-bond donors (Lipinski definition) is 1. The number of aliphatic carboxylic acids is 1. The lowest BCUT2D eigenvalue weighted by atomic mass is 10.0. The van der Waals surface area contributed by atoms with Crippen molar-refractivity contribution >= 4 is 5.97 Å². The maximum Gasteiger partial charge on any atom is 0.303 e. The SMILES string of the molecule is CCCCC/C=C\C/C=C\C/C=C\C/C=C\C/C=C\CCCCCCCCCCCCCCCCC(=O)O. The first-order chi connectivity index (χ1) is 18.8. The third-order valence-electron chi connectivity index (χ3n) is 6.91. The Labute approximate surface area is 237 Å². The van der Waals surface area contributed by atoms with Gasteiger partial charge < -0.3 is 5.11 Å². The molecule has 0 bridgehead atoms. The van der Waals surface area contributed by atoms with Crippen molar-refractivity contribution in [1.82, 2.24) is 0 Å². The minimum atomic E-state index is -0.657. The molecule has 0 aromatic heterocycles. The van der Waals surface area contributed by atoms with Crippen LogP contribution in [0.15, 0.2) is 60.8 Å². The summed E-state index contributed by atoms with van der Waals surface area (Å²) in [5, 5.41) is 8.62. The molecule has 0 saturated heterocycles. The third kappa shape index (κ3) is 34.2. The minimum absolute atomic E-state index is 0.337. The van der Waals surface area contributed by atoms with Crippen molar-refractivity contribution in [2.75, 3.05) is 0 Å². The van der Waals surface area contributed by atoms with E-state index in [0.717, 1.165) is 38.5 Å². The van der Waals surface area contributed by atoms with Crippen LogP contribution in [0, 0.1) is 0 Å². The van der Waals surface area contributed by atoms with Crippen LogP contribution in [-0.4, -0.2) is 11.1 Å². The van der Waals surface area contributed by atoms with Crippen molar-refractivity contribution < 1.29 is 9.90 Å². The molecular weight excluding hydrogens is 464 g/mol. The quantitative estimate of drug-likeness (QED) is 0.0777. The first-order valence-electron chi connectivity index (χ1n) is 16.2. The maximum absolute atomic E-state index is 10.5. The van der Waals surface area contributed by atoms with Crippen LogP contribution in [0.25, 0.3) is 0 Å². The number of carboxylic acids is 1. The highest BCUT2D eigenvalue weighted by molar-refractivity contribution is 5.66. The van der Waals surface area contributed by atoms with E-state index in [1.165, 1.54) is 109 Å². The number of allylic oxidation sites excluding steroid dienone is 10. The van der Waals surface area contributed by atoms with Crippen molar-refractivity contribution in [2.45, 2.75) is 161 Å². The van der Waals surface area contributed by atoms with Gasteiger partial charge in [0.05, 0.1) is 0 Å². The Balaban J connectivity index is 3.29. The number of carbonyl (C=O) groups is 1. The molecule has 0 aliphatic rings. The molecule has 0 aliphatic heterocycles. The van der Waals surface area contributed by atoms with Crippen molar-refractivity contribution in [1.29, 1.82) is 0 Å². The lowest BCUT2D eigenvalue weighted by Gasteiger charge is -2.03. The zero-order valence-corrected chi connectivity index (χ0v) is 25.1. The molecule has 0 aliphatic carbocycles. The fourth-order valence-electron chi connectivity index (χ4n) is 4.49. The normalized spacial score (nSPS) is 12.4. The molecule has 0 rings (SSSR count). The number of unbranched alkanes of at least 4 members (excludes halogenated alkanes) is 17. The topological polar surface area (TPSA) is 37.3 Å². The van der Waals surface area contributed by atoms with Crippen LogP contribution in [0.3, 0.4) is 0 Å². The number of hydrogen-bond acceptors (Lipinski definition) is 1. The fourth-order valence-corrected chi connectivity index (χ4v) is 4.49. The molecule has 0 saturated carbocycles. The minimum Gasteiger partial charge on any atom is -0.481 e. The summed E-state index contributed by atoms with van der Waals surface area (Å²) in [7, 11) is 0. The monoisotopic (exact) mass is 526 g/mol. The predicted octanol–water partition coefficient (Wildman–Crippen LogP) is 12.2. The Morgan fingerprint density at radius 2 is 0.711 bits per heavy atom. The molecular formula is C36H62O2. The highest BCUT2D eigenvalue weighted by Crippen LogP contribution is 2.14. The van der Waals surface area contributed by atoms with Gasteiger partial charge in [-0.15, -0.1) is 0 Å². The molecule has 0 unspecified atom stereocenters. The molecule has 1 N–H and O–H groups in total. The van der Waals surface area contributed by atoms with Crippen LogP contribution >= 0.6 is 0 Å². The Morgan fingerprint density at radius 1 is 0.421 bits per heavy atom. The van der Waals surface area contributed by atoms with Crippen molar-refractivity contribution in [2.24, 2.45) is 0 Å². The molecule has 0 radical (unpaired) electrons. The van der Waals surface area contributed by atoms with E-state index in [1.54, 1.807) is 0 Å². The molecule has 0 atom stereocenters. The Bertz CT molecular complexity index is 623. The van der Waals surface area contributed by atoms with Gasteiger partial charge in [-0.2, -0.15) is 0 Å². The van der Waals surface area contributed by atoms with Crippen LogP contribution in [0.5, 0.6) is 0 Å². The molecule has 38 heavy (non-hydrogen) atoms. The lowest BCUT2D eigenvalue weighted by Crippen LogP contribution is -1.93. The van der Waals surface area contributed by atoms with Crippen LogP contribution in [0.2, 0.25) is 0 Å². The molecule has 0 aromatic rings. The second-order valence-electron chi connectivity index (χ2n) is 10.7. The van der Waals surface area contributed by atoms with E-state index in [2.05, 4.69) is 67.7 Å². The molecule has 0 aromatic carbocycles. The van der Waals surface area contributed by atoms with Gasteiger partial charge in [-0.05, 0) is 57.8 Å². The van der Waals surface area contributed by atoms with Crippen LogP contribution in [-0.2, 0) is 4.79 Å². The molecule has 0 fully saturated rings. The average Bonchev–Trinajstić information content (AvgIpc) is 2.91. The molecule has 2 nitrogen and oxygen atoms in total. The number of carboxylic acid groups (broad SMARTS) is 1. The van der Waals surface area contributed by atoms with E-state index in [1.807, 2.05) is 0 Å². The summed E-state index contributed by atoms with van der Waals surface area (Å²) in [6.45, 7) is 2.25. The van der Waals surface area contributed by atoms with E-state index >= 15 is 0 Å². The molecule has 2 heteroatoms. The Kier molecular flexibility index (Phi) is 31.6. The zero-order chi connectivity index (χ0) is 27.6. The van der Waals surface area contributed by atoms with E-state index in [4.69, 9.17) is 5.11 Å². The van der Waals surface area contributed by atoms with E-state index in [-0.39, 0.29) is 0 Å². The maximum atomic E-state index is 10.5. The highest BCUT2D eigenvalue weighted by Gasteiger charge is 1.97. The highest BCUT2D eigenvalue weighted by atomic mass is 16.4. The van der Waals surface area contributed by atoms with Gasteiger partial charge in [-0.1, -0.05) is 158 Å². The van der Waals surface area contributed by atoms with E-state index in [0.29, 0.717) is 6.42 Å². The molecule has 0 amide bonds. The number of rotatable bonds is 29. The van der Waals surface area contributed by atoms with Gasteiger partial charge in [-0.25, -0.2) is 0 Å². The second kappa shape index (κ2) is 33.2. The van der Waals surface area contributed by atoms with Gasteiger partial charge in [0.15, 0.2) is 0 Å². The molecule has 0 heterocycles. The fraction of sp³-hybridized carbons (Fsp3) is 0.694. The van der Waals surface area contributed by atoms with Crippen molar-refractivity contribution in [3.63, 3.8) is 0 Å². The lowest BCUT2D eigenvalue weighted by molar-refractivity contribution is -0.137. The first-order valence-corrected chi connectivity index (χ1v) is 16.2. The van der Waals surface area contributed by atoms with E-state index in [9.17, 15) is 4.79 Å². The van der Waals surface area contributed by atoms with Crippen LogP contribution in [0.1, 0.15) is 161 Å². The van der Waals surface area contributed by atoms with Gasteiger partial charge in [0.25, 0.3) is 0 Å². The summed E-state index contributed by atoms with van der Waals surface area (Å²) in [5.74, 6) is -0.657. The second-order valence-corrected chi connectivity index (χ2v) is 10.7. The molecule has 218 valence electrons. The largest absolute Gasteiger partial charge is 0.481 e. The average molecular weight is 527 g/mol. The van der Waals surface area contributed by atoms with Gasteiger partial charge in [0.2, 0.25) is 0 Å². The van der Waals surface area contributed by atoms with Gasteiger partial charge in [0, 0.05) is 6.42 Å². The summed E-state index contributed by atoms with van der Waals surface area (Å²) in [4.78, 5) is 10.5. The summed E-state index contributed by atoms with van der Waals surface area (Å²) >= 11 is 0. The summed E-state index contributed by atoms with van der Waals surface area (Å²) in [5.41, 5.74) is 0. The van der Waals surface area contributed by atoms with Gasteiger partial charge in [0.1, 0.15) is 0 Å². The molecule has 0 spiro atoms. The standard InChI is InChI=1S/C36H62O2/c1-2-3-4-5-6-7-8-9-10-11-12-13-14-15-16-17-18-19-20-21-22-23-24-25-26-27-28-29-30-31-32-33-34-35-36(37)38/h6-7,9-10,12-13,15-16,18-19H,2-5,8,11,14,17,20-35H2,1H3,(H,37,38)/b7-6-,10-9-,13-12-,16-15-,19-18-. The van der Waals surface area contributed by atoms with Crippen LogP contribution < -0.4 is 0 Å². The summed E-state index contributed by atoms with van der Waals surface area (Å²) in [6.07, 6.45) is 52.0. The van der Waals surface area contributed by atoms with Gasteiger partial charge >= 0.3 is 5.97 Å². The van der Waals surface area contributed by atoms with Crippen LogP contribution in [0.4, 0.5) is 0 Å². The van der Waals surface area contributed by atoms with E-state index < -0.39 is 5.97 Å². The Morgan fingerprint density at radius 3 is 1.05 bits per heavy atom. The van der Waals surface area contributed by atoms with Crippen molar-refractivity contribution in [3.05, 3.63) is 60.8 Å². The zero-order valence-electron chi connectivity index (χ0n) is 25.1. The smallest absolute Gasteiger partial charge is 0.303 e. The first kappa shape index (κ1) is 36.2. The predicted molar refractivity (Wildman–Crippen MR) is 170 cm³/mol. The summed E-state index contributed by atoms with van der Waals surface area (Å²) < 4.78 is 0. The Hall–Kier alpha value is -1.83. The van der Waals surface area contributed by atoms with Gasteiger partial charge in [-0.3, -0.25) is 4.79 Å². The summed E-state index contributed by atoms with van der Waals surface area (Å²) in [6, 6.07) is 0.